The number of aryl methyl sites for hydroxylation is 3. The molecule has 0 saturated heterocycles. The lowest BCUT2D eigenvalue weighted by molar-refractivity contribution is 0.675. The highest BCUT2D eigenvalue weighted by atomic mass is 15.3. The van der Waals surface area contributed by atoms with E-state index in [-0.39, 0.29) is 6.04 Å². The van der Waals surface area contributed by atoms with Gasteiger partial charge in [0.2, 0.25) is 0 Å². The second-order valence-electron chi connectivity index (χ2n) is 5.53. The molecule has 1 aromatic carbocycles. The van der Waals surface area contributed by atoms with E-state index in [9.17, 15) is 0 Å². The van der Waals surface area contributed by atoms with Crippen molar-refractivity contribution in [3.8, 4) is 0 Å². The maximum absolute atomic E-state index is 6.39. The standard InChI is InChI=1S/C17H20N4/c1-11-8-9-13(12(2)19-11)15(18)10-16-14-6-4-5-7-17(14)21(3)20-16/h4-9,15H,10,18H2,1-3H3. The molecular formula is C17H20N4. The molecule has 2 heterocycles. The van der Waals surface area contributed by atoms with Crippen LogP contribution in [0.2, 0.25) is 0 Å². The fourth-order valence-corrected chi connectivity index (χ4v) is 2.85. The molecule has 0 aliphatic carbocycles. The number of hydrogen-bond donors (Lipinski definition) is 1. The van der Waals surface area contributed by atoms with Gasteiger partial charge in [0.05, 0.1) is 11.2 Å². The third-order valence-corrected chi connectivity index (χ3v) is 3.91. The van der Waals surface area contributed by atoms with Crippen molar-refractivity contribution in [1.29, 1.82) is 0 Å². The Morgan fingerprint density at radius 3 is 2.67 bits per heavy atom. The molecule has 0 saturated carbocycles. The van der Waals surface area contributed by atoms with Crippen molar-refractivity contribution >= 4 is 10.9 Å². The van der Waals surface area contributed by atoms with E-state index in [1.165, 1.54) is 5.39 Å². The van der Waals surface area contributed by atoms with Crippen molar-refractivity contribution in [3.05, 3.63) is 59.0 Å². The quantitative estimate of drug-likeness (QED) is 0.802. The smallest absolute Gasteiger partial charge is 0.0722 e. The van der Waals surface area contributed by atoms with Crippen LogP contribution in [-0.2, 0) is 13.5 Å². The number of nitrogens with zero attached hydrogens (tertiary/aromatic N) is 3. The van der Waals surface area contributed by atoms with Gasteiger partial charge in [-0.2, -0.15) is 5.10 Å². The molecule has 21 heavy (non-hydrogen) atoms. The highest BCUT2D eigenvalue weighted by molar-refractivity contribution is 5.81. The van der Waals surface area contributed by atoms with Crippen LogP contribution in [0, 0.1) is 13.8 Å². The van der Waals surface area contributed by atoms with Gasteiger partial charge in [-0.15, -0.1) is 0 Å². The summed E-state index contributed by atoms with van der Waals surface area (Å²) in [5.41, 5.74) is 11.7. The molecule has 4 nitrogen and oxygen atoms in total. The van der Waals surface area contributed by atoms with Crippen LogP contribution in [0.3, 0.4) is 0 Å². The van der Waals surface area contributed by atoms with E-state index < -0.39 is 0 Å². The molecule has 2 aromatic heterocycles. The summed E-state index contributed by atoms with van der Waals surface area (Å²) in [4.78, 5) is 4.50. The average molecular weight is 280 g/mol. The molecule has 0 aliphatic heterocycles. The predicted molar refractivity (Wildman–Crippen MR) is 85.1 cm³/mol. The first kappa shape index (κ1) is 13.8. The van der Waals surface area contributed by atoms with Crippen molar-refractivity contribution in [2.24, 2.45) is 12.8 Å². The minimum Gasteiger partial charge on any atom is -0.324 e. The van der Waals surface area contributed by atoms with Crippen LogP contribution in [0.1, 0.15) is 28.7 Å². The van der Waals surface area contributed by atoms with E-state index >= 15 is 0 Å². The number of benzene rings is 1. The first-order valence-corrected chi connectivity index (χ1v) is 7.16. The van der Waals surface area contributed by atoms with Crippen molar-refractivity contribution in [1.82, 2.24) is 14.8 Å². The van der Waals surface area contributed by atoms with Gasteiger partial charge in [0, 0.05) is 36.3 Å². The normalized spacial score (nSPS) is 12.8. The molecule has 0 radical (unpaired) electrons. The van der Waals surface area contributed by atoms with Crippen LogP contribution in [-0.4, -0.2) is 14.8 Å². The van der Waals surface area contributed by atoms with Gasteiger partial charge in [-0.1, -0.05) is 24.3 Å². The van der Waals surface area contributed by atoms with Crippen molar-refractivity contribution < 1.29 is 0 Å². The lowest BCUT2D eigenvalue weighted by Crippen LogP contribution is -2.16. The summed E-state index contributed by atoms with van der Waals surface area (Å²) in [7, 11) is 1.97. The van der Waals surface area contributed by atoms with Crippen molar-refractivity contribution in [3.63, 3.8) is 0 Å². The van der Waals surface area contributed by atoms with Gasteiger partial charge in [0.15, 0.2) is 0 Å². The second kappa shape index (κ2) is 5.30. The van der Waals surface area contributed by atoms with E-state index in [0.717, 1.165) is 28.2 Å². The molecule has 0 aliphatic rings. The maximum atomic E-state index is 6.39. The van der Waals surface area contributed by atoms with E-state index in [1.54, 1.807) is 0 Å². The topological polar surface area (TPSA) is 56.7 Å². The van der Waals surface area contributed by atoms with Crippen molar-refractivity contribution in [2.75, 3.05) is 0 Å². The summed E-state index contributed by atoms with van der Waals surface area (Å²) < 4.78 is 1.91. The molecule has 1 unspecified atom stereocenters. The zero-order chi connectivity index (χ0) is 15.0. The van der Waals surface area contributed by atoms with Crippen LogP contribution >= 0.6 is 0 Å². The van der Waals surface area contributed by atoms with Gasteiger partial charge < -0.3 is 5.73 Å². The van der Waals surface area contributed by atoms with E-state index in [2.05, 4.69) is 28.3 Å². The molecule has 3 rings (SSSR count). The molecule has 4 heteroatoms. The Kier molecular flexibility index (Phi) is 3.47. The van der Waals surface area contributed by atoms with Crippen LogP contribution in [0.5, 0.6) is 0 Å². The minimum absolute atomic E-state index is 0.0867. The number of nitrogens with two attached hydrogens (primary N) is 1. The minimum atomic E-state index is -0.0867. The van der Waals surface area contributed by atoms with Gasteiger partial charge in [-0.3, -0.25) is 9.67 Å². The number of aromatic nitrogens is 3. The third-order valence-electron chi connectivity index (χ3n) is 3.91. The number of hydrogen-bond acceptors (Lipinski definition) is 3. The fourth-order valence-electron chi connectivity index (χ4n) is 2.85. The van der Waals surface area contributed by atoms with E-state index in [0.29, 0.717) is 6.42 Å². The number of fused-ring (bicyclic) bond motifs is 1. The van der Waals surface area contributed by atoms with Crippen molar-refractivity contribution in [2.45, 2.75) is 26.3 Å². The Hall–Kier alpha value is -2.20. The Balaban J connectivity index is 1.94. The molecule has 0 fully saturated rings. The van der Waals surface area contributed by atoms with E-state index in [4.69, 9.17) is 5.73 Å². The Labute approximate surface area is 124 Å². The predicted octanol–water partition coefficient (Wildman–Crippen LogP) is 2.83. The summed E-state index contributed by atoms with van der Waals surface area (Å²) in [6, 6.07) is 12.3. The first-order chi connectivity index (χ1) is 10.1. The largest absolute Gasteiger partial charge is 0.324 e. The lowest BCUT2D eigenvalue weighted by Gasteiger charge is -2.13. The summed E-state index contributed by atoms with van der Waals surface area (Å²) >= 11 is 0. The molecular weight excluding hydrogens is 260 g/mol. The molecule has 0 amide bonds. The highest BCUT2D eigenvalue weighted by Crippen LogP contribution is 2.23. The van der Waals surface area contributed by atoms with E-state index in [1.807, 2.05) is 43.8 Å². The summed E-state index contributed by atoms with van der Waals surface area (Å²) in [6.07, 6.45) is 0.715. The Bertz CT molecular complexity index is 789. The number of pyridine rings is 1. The van der Waals surface area contributed by atoms with Gasteiger partial charge >= 0.3 is 0 Å². The number of para-hydroxylation sites is 1. The Morgan fingerprint density at radius 1 is 1.14 bits per heavy atom. The molecule has 0 spiro atoms. The van der Waals surface area contributed by atoms with Gasteiger partial charge in [0.25, 0.3) is 0 Å². The van der Waals surface area contributed by atoms with Crippen LogP contribution in [0.4, 0.5) is 0 Å². The van der Waals surface area contributed by atoms with Crippen LogP contribution in [0.15, 0.2) is 36.4 Å². The first-order valence-electron chi connectivity index (χ1n) is 7.16. The average Bonchev–Trinajstić information content (AvgIpc) is 2.76. The fraction of sp³-hybridized carbons (Fsp3) is 0.294. The maximum Gasteiger partial charge on any atom is 0.0722 e. The summed E-state index contributed by atoms with van der Waals surface area (Å²) in [5, 5.41) is 5.79. The monoisotopic (exact) mass is 280 g/mol. The molecule has 2 N–H and O–H groups in total. The van der Waals surface area contributed by atoms with Gasteiger partial charge in [-0.25, -0.2) is 0 Å². The second-order valence-corrected chi connectivity index (χ2v) is 5.53. The molecule has 1 atom stereocenters. The molecule has 108 valence electrons. The van der Waals surface area contributed by atoms with Gasteiger partial charge in [-0.05, 0) is 31.5 Å². The molecule has 3 aromatic rings. The zero-order valence-corrected chi connectivity index (χ0v) is 12.7. The lowest BCUT2D eigenvalue weighted by atomic mass is 10.00. The van der Waals surface area contributed by atoms with Gasteiger partial charge in [0.1, 0.15) is 0 Å². The SMILES string of the molecule is Cc1ccc(C(N)Cc2nn(C)c3ccccc23)c(C)n1. The summed E-state index contributed by atoms with van der Waals surface area (Å²) in [5.74, 6) is 0. The zero-order valence-electron chi connectivity index (χ0n) is 12.7. The van der Waals surface area contributed by atoms with Crippen LogP contribution in [0.25, 0.3) is 10.9 Å². The number of rotatable bonds is 3. The highest BCUT2D eigenvalue weighted by Gasteiger charge is 2.15. The Morgan fingerprint density at radius 2 is 1.90 bits per heavy atom. The van der Waals surface area contributed by atoms with Crippen LogP contribution < -0.4 is 5.73 Å². The third kappa shape index (κ3) is 2.54. The summed E-state index contributed by atoms with van der Waals surface area (Å²) in [6.45, 7) is 4.01. The molecule has 0 bridgehead atoms.